The second-order valence-electron chi connectivity index (χ2n) is 7.05. The molecule has 1 fully saturated rings. The van der Waals surface area contributed by atoms with Crippen LogP contribution in [0.25, 0.3) is 0 Å². The SMILES string of the molecule is CCCSC1C(C)(C)C1(C(=O)OC)c1cccc(Oc2ccccc2)n1. The molecule has 0 bridgehead atoms. The maximum Gasteiger partial charge on any atom is 0.319 e. The number of nitrogens with zero attached hydrogens (tertiary/aromatic N) is 1. The predicted octanol–water partition coefficient (Wildman–Crippen LogP) is 4.84. The number of hydrogen-bond donors (Lipinski definition) is 0. The van der Waals surface area contributed by atoms with Crippen molar-refractivity contribution >= 4 is 17.7 Å². The summed E-state index contributed by atoms with van der Waals surface area (Å²) in [7, 11) is 1.45. The van der Waals surface area contributed by atoms with E-state index in [9.17, 15) is 4.79 Å². The molecule has 1 heterocycles. The maximum atomic E-state index is 12.8. The van der Waals surface area contributed by atoms with Crippen LogP contribution in [-0.2, 0) is 14.9 Å². The van der Waals surface area contributed by atoms with Crippen molar-refractivity contribution in [1.29, 1.82) is 0 Å². The Balaban J connectivity index is 1.96. The number of para-hydroxylation sites is 1. The van der Waals surface area contributed by atoms with E-state index in [4.69, 9.17) is 9.47 Å². The van der Waals surface area contributed by atoms with Gasteiger partial charge in [0.05, 0.1) is 12.8 Å². The Morgan fingerprint density at radius 2 is 1.88 bits per heavy atom. The highest BCUT2D eigenvalue weighted by molar-refractivity contribution is 8.00. The van der Waals surface area contributed by atoms with Gasteiger partial charge in [-0.3, -0.25) is 4.79 Å². The van der Waals surface area contributed by atoms with Crippen LogP contribution in [0.15, 0.2) is 48.5 Å². The molecule has 2 aromatic rings. The highest BCUT2D eigenvalue weighted by atomic mass is 32.2. The Morgan fingerprint density at radius 3 is 2.54 bits per heavy atom. The van der Waals surface area contributed by atoms with Crippen molar-refractivity contribution < 1.29 is 14.3 Å². The van der Waals surface area contributed by atoms with Crippen LogP contribution < -0.4 is 4.74 Å². The van der Waals surface area contributed by atoms with E-state index in [1.165, 1.54) is 7.11 Å². The van der Waals surface area contributed by atoms with Gasteiger partial charge in [0.15, 0.2) is 0 Å². The van der Waals surface area contributed by atoms with Gasteiger partial charge < -0.3 is 9.47 Å². The van der Waals surface area contributed by atoms with E-state index in [0.29, 0.717) is 5.88 Å². The zero-order valence-corrected chi connectivity index (χ0v) is 16.5. The predicted molar refractivity (Wildman–Crippen MR) is 105 cm³/mol. The summed E-state index contributed by atoms with van der Waals surface area (Å²) in [5, 5.41) is 0.141. The Kier molecular flexibility index (Phi) is 5.28. The van der Waals surface area contributed by atoms with Gasteiger partial charge in [-0.1, -0.05) is 45.0 Å². The van der Waals surface area contributed by atoms with Crippen LogP contribution in [0, 0.1) is 5.41 Å². The molecule has 1 aliphatic rings. The lowest BCUT2D eigenvalue weighted by atomic mass is 9.92. The fourth-order valence-electron chi connectivity index (χ4n) is 3.69. The summed E-state index contributed by atoms with van der Waals surface area (Å²) in [6.07, 6.45) is 1.07. The number of rotatable bonds is 7. The zero-order valence-electron chi connectivity index (χ0n) is 15.7. The third kappa shape index (κ3) is 2.98. The number of ether oxygens (including phenoxy) is 2. The molecule has 1 aliphatic carbocycles. The van der Waals surface area contributed by atoms with Gasteiger partial charge in [0.1, 0.15) is 11.2 Å². The molecule has 138 valence electrons. The first kappa shape index (κ1) is 18.8. The Morgan fingerprint density at radius 1 is 1.15 bits per heavy atom. The van der Waals surface area contributed by atoms with E-state index in [1.807, 2.05) is 60.3 Å². The quantitative estimate of drug-likeness (QED) is 0.652. The molecule has 2 unspecified atom stereocenters. The molecule has 3 rings (SSSR count). The summed E-state index contributed by atoms with van der Waals surface area (Å²) in [6, 6.07) is 15.1. The molecule has 1 saturated carbocycles. The summed E-state index contributed by atoms with van der Waals surface area (Å²) in [5.41, 5.74) is -0.243. The van der Waals surface area contributed by atoms with Crippen LogP contribution in [0.4, 0.5) is 0 Å². The molecular weight excluding hydrogens is 346 g/mol. The third-order valence-corrected chi connectivity index (χ3v) is 6.99. The number of aromatic nitrogens is 1. The van der Waals surface area contributed by atoms with E-state index >= 15 is 0 Å². The van der Waals surface area contributed by atoms with E-state index in [2.05, 4.69) is 25.8 Å². The molecule has 0 radical (unpaired) electrons. The number of hydrogen-bond acceptors (Lipinski definition) is 5. The summed E-state index contributed by atoms with van der Waals surface area (Å²) in [6.45, 7) is 6.38. The number of pyridine rings is 1. The van der Waals surface area contributed by atoms with E-state index in [0.717, 1.165) is 23.6 Å². The summed E-state index contributed by atoms with van der Waals surface area (Å²) < 4.78 is 11.1. The fourth-order valence-corrected chi connectivity index (χ4v) is 5.46. The van der Waals surface area contributed by atoms with Crippen LogP contribution >= 0.6 is 11.8 Å². The molecule has 1 aromatic carbocycles. The largest absolute Gasteiger partial charge is 0.468 e. The van der Waals surface area contributed by atoms with Crippen molar-refractivity contribution in [2.45, 2.75) is 37.9 Å². The van der Waals surface area contributed by atoms with Crippen LogP contribution in [0.3, 0.4) is 0 Å². The van der Waals surface area contributed by atoms with Gasteiger partial charge in [-0.2, -0.15) is 11.8 Å². The second kappa shape index (κ2) is 7.31. The Labute approximate surface area is 159 Å². The first-order chi connectivity index (χ1) is 12.5. The van der Waals surface area contributed by atoms with Crippen molar-refractivity contribution in [3.63, 3.8) is 0 Å². The lowest BCUT2D eigenvalue weighted by Gasteiger charge is -2.18. The maximum absolute atomic E-state index is 12.8. The average molecular weight is 372 g/mol. The van der Waals surface area contributed by atoms with Gasteiger partial charge in [-0.25, -0.2) is 4.98 Å². The van der Waals surface area contributed by atoms with Crippen molar-refractivity contribution in [2.75, 3.05) is 12.9 Å². The molecule has 1 aromatic heterocycles. The lowest BCUT2D eigenvalue weighted by Crippen LogP contribution is -2.29. The van der Waals surface area contributed by atoms with Crippen LogP contribution in [0.2, 0.25) is 0 Å². The zero-order chi connectivity index (χ0) is 18.8. The smallest absolute Gasteiger partial charge is 0.319 e. The van der Waals surface area contributed by atoms with Gasteiger partial charge in [0.25, 0.3) is 0 Å². The van der Waals surface area contributed by atoms with E-state index < -0.39 is 5.41 Å². The van der Waals surface area contributed by atoms with E-state index in [1.54, 1.807) is 0 Å². The van der Waals surface area contributed by atoms with Crippen LogP contribution in [-0.4, -0.2) is 29.1 Å². The highest BCUT2D eigenvalue weighted by Crippen LogP contribution is 2.69. The summed E-state index contributed by atoms with van der Waals surface area (Å²) >= 11 is 1.82. The molecule has 0 amide bonds. The minimum Gasteiger partial charge on any atom is -0.468 e. The minimum atomic E-state index is -0.738. The van der Waals surface area contributed by atoms with Gasteiger partial charge in [0.2, 0.25) is 5.88 Å². The number of carbonyl (C=O) groups excluding carboxylic acids is 1. The molecule has 2 atom stereocenters. The van der Waals surface area contributed by atoms with Crippen molar-refractivity contribution in [2.24, 2.45) is 5.41 Å². The normalized spacial score (nSPS) is 23.3. The molecule has 0 spiro atoms. The number of methoxy groups -OCH3 is 1. The molecule has 0 N–H and O–H groups in total. The minimum absolute atomic E-state index is 0.141. The van der Waals surface area contributed by atoms with Crippen LogP contribution in [0.5, 0.6) is 11.6 Å². The monoisotopic (exact) mass is 371 g/mol. The summed E-state index contributed by atoms with van der Waals surface area (Å²) in [5.74, 6) is 1.99. The Hall–Kier alpha value is -2.01. The average Bonchev–Trinajstić information content (AvgIpc) is 3.16. The Bertz CT molecular complexity index is 778. The van der Waals surface area contributed by atoms with E-state index in [-0.39, 0.29) is 16.6 Å². The summed E-state index contributed by atoms with van der Waals surface area (Å²) in [4.78, 5) is 17.5. The van der Waals surface area contributed by atoms with Crippen molar-refractivity contribution in [1.82, 2.24) is 4.98 Å². The van der Waals surface area contributed by atoms with Gasteiger partial charge in [-0.15, -0.1) is 0 Å². The number of thioether (sulfide) groups is 1. The standard InChI is InChI=1S/C21H25NO3S/c1-5-14-26-18-20(2,3)21(18,19(23)24-4)16-12-9-13-17(22-16)25-15-10-7-6-8-11-15/h6-13,18H,5,14H2,1-4H3. The van der Waals surface area contributed by atoms with Gasteiger partial charge in [-0.05, 0) is 30.4 Å². The highest BCUT2D eigenvalue weighted by Gasteiger charge is 2.78. The molecule has 5 heteroatoms. The molecular formula is C21H25NO3S. The first-order valence-electron chi connectivity index (χ1n) is 8.89. The molecule has 26 heavy (non-hydrogen) atoms. The molecule has 4 nitrogen and oxygen atoms in total. The number of benzene rings is 1. The van der Waals surface area contributed by atoms with Gasteiger partial charge >= 0.3 is 5.97 Å². The van der Waals surface area contributed by atoms with Crippen LogP contribution in [0.1, 0.15) is 32.9 Å². The second-order valence-corrected chi connectivity index (χ2v) is 8.26. The van der Waals surface area contributed by atoms with Crippen molar-refractivity contribution in [3.05, 3.63) is 54.2 Å². The third-order valence-electron chi connectivity index (χ3n) is 5.07. The van der Waals surface area contributed by atoms with Crippen molar-refractivity contribution in [3.8, 4) is 11.6 Å². The topological polar surface area (TPSA) is 48.4 Å². The molecule has 0 aliphatic heterocycles. The fraction of sp³-hybridized carbons (Fsp3) is 0.429. The molecule has 0 saturated heterocycles. The first-order valence-corrected chi connectivity index (χ1v) is 9.93. The number of esters is 1. The van der Waals surface area contributed by atoms with Gasteiger partial charge in [0, 0.05) is 16.7 Å². The lowest BCUT2D eigenvalue weighted by molar-refractivity contribution is -0.144. The number of carbonyl (C=O) groups is 1.